The van der Waals surface area contributed by atoms with E-state index in [1.54, 1.807) is 6.07 Å². The summed E-state index contributed by atoms with van der Waals surface area (Å²) in [5.41, 5.74) is 0.810. The fraction of sp³-hybridized carbons (Fsp3) is 0.500. The van der Waals surface area contributed by atoms with Crippen molar-refractivity contribution in [3.8, 4) is 0 Å². The summed E-state index contributed by atoms with van der Waals surface area (Å²) in [7, 11) is 0. The summed E-state index contributed by atoms with van der Waals surface area (Å²) < 4.78 is 4.82. The largest absolute Gasteiger partial charge is 0.472 e. The molecule has 1 unspecified atom stereocenters. The van der Waals surface area contributed by atoms with Gasteiger partial charge in [0.1, 0.15) is 6.10 Å². The zero-order chi connectivity index (χ0) is 9.84. The van der Waals surface area contributed by atoms with Crippen molar-refractivity contribution in [2.24, 2.45) is 5.92 Å². The van der Waals surface area contributed by atoms with Crippen LogP contribution in [0.15, 0.2) is 23.0 Å². The Kier molecular flexibility index (Phi) is 3.25. The lowest BCUT2D eigenvalue weighted by molar-refractivity contribution is -0.128. The minimum atomic E-state index is -0.866. The Hall–Kier alpha value is -1.09. The van der Waals surface area contributed by atoms with E-state index >= 15 is 0 Å². The van der Waals surface area contributed by atoms with Gasteiger partial charge in [-0.3, -0.25) is 4.79 Å². The average Bonchev–Trinajstić information content (AvgIpc) is 2.55. The molecule has 0 aliphatic heterocycles. The van der Waals surface area contributed by atoms with Crippen molar-refractivity contribution in [3.05, 3.63) is 24.2 Å². The lowest BCUT2D eigenvalue weighted by atomic mass is 9.99. The predicted molar refractivity (Wildman–Crippen MR) is 48.3 cm³/mol. The number of aliphatic hydroxyl groups excluding tert-OH is 1. The lowest BCUT2D eigenvalue weighted by Gasteiger charge is -2.11. The Bertz CT molecular complexity index is 262. The molecule has 0 amide bonds. The van der Waals surface area contributed by atoms with Crippen LogP contribution in [0, 0.1) is 5.92 Å². The zero-order valence-electron chi connectivity index (χ0n) is 7.86. The van der Waals surface area contributed by atoms with E-state index in [4.69, 9.17) is 4.42 Å². The summed E-state index contributed by atoms with van der Waals surface area (Å²) in [5, 5.41) is 9.41. The van der Waals surface area contributed by atoms with Gasteiger partial charge in [0.25, 0.3) is 0 Å². The van der Waals surface area contributed by atoms with Gasteiger partial charge in [-0.25, -0.2) is 0 Å². The number of carbonyl (C=O) groups is 1. The average molecular weight is 182 g/mol. The fourth-order valence-electron chi connectivity index (χ4n) is 1.07. The zero-order valence-corrected chi connectivity index (χ0v) is 7.86. The molecule has 1 aromatic heterocycles. The third-order valence-corrected chi connectivity index (χ3v) is 1.92. The molecule has 0 spiro atoms. The van der Waals surface area contributed by atoms with Crippen molar-refractivity contribution in [2.75, 3.05) is 0 Å². The predicted octanol–water partition coefficient (Wildman–Crippen LogP) is 1.41. The van der Waals surface area contributed by atoms with E-state index in [1.807, 2.05) is 13.8 Å². The third kappa shape index (κ3) is 2.70. The van der Waals surface area contributed by atoms with E-state index in [9.17, 15) is 9.90 Å². The maximum absolute atomic E-state index is 11.4. The fourth-order valence-corrected chi connectivity index (χ4v) is 1.07. The number of Topliss-reactive ketones (excluding diaryl/α,β-unsaturated/α-hetero) is 1. The van der Waals surface area contributed by atoms with Gasteiger partial charge in [-0.05, 0) is 17.5 Å². The first-order valence-corrected chi connectivity index (χ1v) is 4.33. The molecule has 1 N–H and O–H groups in total. The summed E-state index contributed by atoms with van der Waals surface area (Å²) in [6.07, 6.45) is 2.42. The van der Waals surface area contributed by atoms with Crippen LogP contribution in [-0.4, -0.2) is 17.0 Å². The number of carbonyl (C=O) groups excluding carboxylic acids is 1. The quantitative estimate of drug-likeness (QED) is 0.765. The number of aliphatic hydroxyl groups is 1. The van der Waals surface area contributed by atoms with E-state index in [-0.39, 0.29) is 18.1 Å². The summed E-state index contributed by atoms with van der Waals surface area (Å²) in [6.45, 7) is 3.63. The van der Waals surface area contributed by atoms with Gasteiger partial charge in [-0.2, -0.15) is 0 Å². The number of rotatable bonds is 4. The van der Waals surface area contributed by atoms with Gasteiger partial charge < -0.3 is 9.52 Å². The molecule has 0 saturated heterocycles. The molecule has 0 aliphatic rings. The van der Waals surface area contributed by atoms with Gasteiger partial charge in [0, 0.05) is 6.42 Å². The van der Waals surface area contributed by atoms with E-state index in [2.05, 4.69) is 0 Å². The molecular formula is C10H14O3. The first-order valence-electron chi connectivity index (χ1n) is 4.33. The highest BCUT2D eigenvalue weighted by Gasteiger charge is 2.18. The van der Waals surface area contributed by atoms with Crippen LogP contribution in [0.5, 0.6) is 0 Å². The van der Waals surface area contributed by atoms with Crippen LogP contribution < -0.4 is 0 Å². The Balaban J connectivity index is 2.51. The molecule has 1 rings (SSSR count). The highest BCUT2D eigenvalue weighted by molar-refractivity contribution is 5.85. The van der Waals surface area contributed by atoms with Crippen molar-refractivity contribution in [1.29, 1.82) is 0 Å². The Morgan fingerprint density at radius 2 is 2.31 bits per heavy atom. The normalized spacial score (nSPS) is 13.2. The van der Waals surface area contributed by atoms with E-state index in [0.29, 0.717) is 0 Å². The molecule has 0 aliphatic carbocycles. The highest BCUT2D eigenvalue weighted by atomic mass is 16.3. The van der Waals surface area contributed by atoms with E-state index in [0.717, 1.165) is 5.56 Å². The van der Waals surface area contributed by atoms with Crippen molar-refractivity contribution in [1.82, 2.24) is 0 Å². The van der Waals surface area contributed by atoms with Crippen molar-refractivity contribution in [2.45, 2.75) is 26.4 Å². The van der Waals surface area contributed by atoms with Crippen LogP contribution in [0.3, 0.4) is 0 Å². The van der Waals surface area contributed by atoms with Gasteiger partial charge in [-0.15, -0.1) is 0 Å². The molecule has 0 aromatic carbocycles. The van der Waals surface area contributed by atoms with Crippen LogP contribution in [0.4, 0.5) is 0 Å². The van der Waals surface area contributed by atoms with Crippen molar-refractivity contribution < 1.29 is 14.3 Å². The van der Waals surface area contributed by atoms with Crippen LogP contribution in [0.2, 0.25) is 0 Å². The highest BCUT2D eigenvalue weighted by Crippen LogP contribution is 2.08. The molecule has 3 heteroatoms. The van der Waals surface area contributed by atoms with Crippen LogP contribution in [0.25, 0.3) is 0 Å². The van der Waals surface area contributed by atoms with Crippen molar-refractivity contribution >= 4 is 5.78 Å². The molecule has 1 heterocycles. The molecule has 72 valence electrons. The summed E-state index contributed by atoms with van der Waals surface area (Å²) in [5.74, 6) is -0.184. The number of ketones is 1. The topological polar surface area (TPSA) is 50.4 Å². The van der Waals surface area contributed by atoms with Gasteiger partial charge >= 0.3 is 0 Å². The van der Waals surface area contributed by atoms with Gasteiger partial charge in [-0.1, -0.05) is 13.8 Å². The van der Waals surface area contributed by atoms with Crippen LogP contribution in [-0.2, 0) is 11.2 Å². The summed E-state index contributed by atoms with van der Waals surface area (Å²) in [6, 6.07) is 1.73. The van der Waals surface area contributed by atoms with Crippen LogP contribution >= 0.6 is 0 Å². The second-order valence-corrected chi connectivity index (χ2v) is 3.46. The van der Waals surface area contributed by atoms with Crippen molar-refractivity contribution in [3.63, 3.8) is 0 Å². The first kappa shape index (κ1) is 9.99. The maximum atomic E-state index is 11.4. The molecule has 0 saturated carbocycles. The van der Waals surface area contributed by atoms with Gasteiger partial charge in [0.05, 0.1) is 12.5 Å². The van der Waals surface area contributed by atoms with E-state index in [1.165, 1.54) is 12.5 Å². The van der Waals surface area contributed by atoms with E-state index < -0.39 is 6.10 Å². The Labute approximate surface area is 77.4 Å². The molecule has 1 aromatic rings. The standard InChI is InChI=1S/C10H14O3/c1-7(2)10(12)9(11)5-8-3-4-13-6-8/h3-4,6-7,10,12H,5H2,1-2H3. The Morgan fingerprint density at radius 3 is 2.77 bits per heavy atom. The second-order valence-electron chi connectivity index (χ2n) is 3.46. The third-order valence-electron chi connectivity index (χ3n) is 1.92. The first-order chi connectivity index (χ1) is 6.11. The molecule has 0 radical (unpaired) electrons. The number of hydrogen-bond donors (Lipinski definition) is 1. The summed E-state index contributed by atoms with van der Waals surface area (Å²) in [4.78, 5) is 11.4. The molecular weight excluding hydrogens is 168 g/mol. The Morgan fingerprint density at radius 1 is 1.62 bits per heavy atom. The number of furan rings is 1. The van der Waals surface area contributed by atoms with Crippen LogP contribution in [0.1, 0.15) is 19.4 Å². The minimum Gasteiger partial charge on any atom is -0.472 e. The monoisotopic (exact) mass is 182 g/mol. The molecule has 0 bridgehead atoms. The van der Waals surface area contributed by atoms with Gasteiger partial charge in [0.2, 0.25) is 0 Å². The molecule has 0 fully saturated rings. The smallest absolute Gasteiger partial charge is 0.165 e. The number of hydrogen-bond acceptors (Lipinski definition) is 3. The second kappa shape index (κ2) is 4.23. The minimum absolute atomic E-state index is 0.0283. The summed E-state index contributed by atoms with van der Waals surface area (Å²) >= 11 is 0. The van der Waals surface area contributed by atoms with Gasteiger partial charge in [0.15, 0.2) is 5.78 Å². The molecule has 3 nitrogen and oxygen atoms in total. The lowest BCUT2D eigenvalue weighted by Crippen LogP contribution is -2.27. The maximum Gasteiger partial charge on any atom is 0.165 e. The molecule has 13 heavy (non-hydrogen) atoms. The molecule has 1 atom stereocenters. The SMILES string of the molecule is CC(C)C(O)C(=O)Cc1ccoc1.